The molecule has 0 radical (unpaired) electrons. The first kappa shape index (κ1) is 12.9. The van der Waals surface area contributed by atoms with Gasteiger partial charge in [0.25, 0.3) is 0 Å². The van der Waals surface area contributed by atoms with Gasteiger partial charge in [-0.05, 0) is 24.1 Å². The monoisotopic (exact) mass is 256 g/mol. The van der Waals surface area contributed by atoms with Gasteiger partial charge in [-0.15, -0.1) is 0 Å². The molecule has 0 unspecified atom stereocenters. The lowest BCUT2D eigenvalue weighted by Gasteiger charge is -2.23. The lowest BCUT2D eigenvalue weighted by Crippen LogP contribution is -2.41. The van der Waals surface area contributed by atoms with Crippen LogP contribution < -0.4 is 5.19 Å². The largest absolute Gasteiger partial charge is 0.508 e. The molecule has 0 heterocycles. The third kappa shape index (κ3) is 3.02. The van der Waals surface area contributed by atoms with Crippen LogP contribution in [-0.4, -0.2) is 13.2 Å². The molecular formula is C16H20OSi. The average molecular weight is 256 g/mol. The zero-order chi connectivity index (χ0) is 13.0. The van der Waals surface area contributed by atoms with E-state index in [1.165, 1.54) is 5.19 Å². The van der Waals surface area contributed by atoms with Gasteiger partial charge in [-0.2, -0.15) is 0 Å². The number of aromatic hydroxyl groups is 1. The first-order valence-corrected chi connectivity index (χ1v) is 9.63. The molecule has 0 aromatic heterocycles. The van der Waals surface area contributed by atoms with Gasteiger partial charge < -0.3 is 5.11 Å². The SMILES string of the molecule is C[Si](C)(CCc1ccccc1O)c1ccccc1. The molecule has 1 N–H and O–H groups in total. The Morgan fingerprint density at radius 2 is 1.50 bits per heavy atom. The van der Waals surface area contributed by atoms with Crippen molar-refractivity contribution < 1.29 is 5.11 Å². The van der Waals surface area contributed by atoms with Crippen LogP contribution in [0.1, 0.15) is 5.56 Å². The second-order valence-corrected chi connectivity index (χ2v) is 10.2. The van der Waals surface area contributed by atoms with Crippen molar-refractivity contribution in [3.63, 3.8) is 0 Å². The Morgan fingerprint density at radius 3 is 2.17 bits per heavy atom. The lowest BCUT2D eigenvalue weighted by atomic mass is 10.1. The second-order valence-electron chi connectivity index (χ2n) is 5.38. The van der Waals surface area contributed by atoms with Crippen LogP contribution >= 0.6 is 0 Å². The predicted molar refractivity (Wildman–Crippen MR) is 80.2 cm³/mol. The summed E-state index contributed by atoms with van der Waals surface area (Å²) in [7, 11) is -1.40. The number of para-hydroxylation sites is 1. The molecule has 2 aromatic rings. The highest BCUT2D eigenvalue weighted by molar-refractivity contribution is 6.89. The Balaban J connectivity index is 2.08. The molecule has 2 rings (SSSR count). The summed E-state index contributed by atoms with van der Waals surface area (Å²) in [4.78, 5) is 0. The van der Waals surface area contributed by atoms with Gasteiger partial charge in [0.2, 0.25) is 0 Å². The zero-order valence-electron chi connectivity index (χ0n) is 11.1. The van der Waals surface area contributed by atoms with E-state index in [1.807, 2.05) is 18.2 Å². The normalized spacial score (nSPS) is 11.4. The van der Waals surface area contributed by atoms with E-state index in [2.05, 4.69) is 43.4 Å². The van der Waals surface area contributed by atoms with E-state index >= 15 is 0 Å². The highest BCUT2D eigenvalue weighted by Gasteiger charge is 2.22. The quantitative estimate of drug-likeness (QED) is 0.829. The van der Waals surface area contributed by atoms with Crippen molar-refractivity contribution in [3.8, 4) is 5.75 Å². The van der Waals surface area contributed by atoms with Crippen LogP contribution in [0, 0.1) is 0 Å². The Bertz CT molecular complexity index is 506. The average Bonchev–Trinajstić information content (AvgIpc) is 2.39. The minimum absolute atomic E-state index is 0.426. The molecule has 94 valence electrons. The molecule has 0 bridgehead atoms. The van der Waals surface area contributed by atoms with Gasteiger partial charge in [0.1, 0.15) is 5.75 Å². The number of hydrogen-bond donors (Lipinski definition) is 1. The highest BCUT2D eigenvalue weighted by atomic mass is 28.3. The molecule has 2 heteroatoms. The molecule has 0 spiro atoms. The Hall–Kier alpha value is -1.54. The van der Waals surface area contributed by atoms with Crippen molar-refractivity contribution in [2.24, 2.45) is 0 Å². The number of benzene rings is 2. The van der Waals surface area contributed by atoms with Crippen molar-refractivity contribution in [2.45, 2.75) is 25.6 Å². The summed E-state index contributed by atoms with van der Waals surface area (Å²) < 4.78 is 0. The van der Waals surface area contributed by atoms with Crippen LogP contribution in [0.4, 0.5) is 0 Å². The summed E-state index contributed by atoms with van der Waals surface area (Å²) >= 11 is 0. The van der Waals surface area contributed by atoms with Gasteiger partial charge in [0.05, 0.1) is 8.07 Å². The van der Waals surface area contributed by atoms with Crippen molar-refractivity contribution in [3.05, 3.63) is 60.2 Å². The predicted octanol–water partition coefficient (Wildman–Crippen LogP) is 3.55. The van der Waals surface area contributed by atoms with E-state index in [-0.39, 0.29) is 0 Å². The third-order valence-electron chi connectivity index (χ3n) is 3.57. The summed E-state index contributed by atoms with van der Waals surface area (Å²) in [6.07, 6.45) is 0.959. The lowest BCUT2D eigenvalue weighted by molar-refractivity contribution is 0.469. The maximum Gasteiger partial charge on any atom is 0.118 e. The number of aryl methyl sites for hydroxylation is 1. The van der Waals surface area contributed by atoms with Gasteiger partial charge in [-0.3, -0.25) is 0 Å². The first-order chi connectivity index (χ1) is 8.59. The van der Waals surface area contributed by atoms with E-state index < -0.39 is 8.07 Å². The Morgan fingerprint density at radius 1 is 0.889 bits per heavy atom. The number of phenolic OH excluding ortho intramolecular Hbond substituents is 1. The zero-order valence-corrected chi connectivity index (χ0v) is 12.1. The Labute approximate surface area is 110 Å². The molecule has 2 aromatic carbocycles. The van der Waals surface area contributed by atoms with Crippen molar-refractivity contribution >= 4 is 13.3 Å². The maximum atomic E-state index is 9.79. The van der Waals surface area contributed by atoms with E-state index in [0.717, 1.165) is 18.0 Å². The van der Waals surface area contributed by atoms with Crippen LogP contribution in [0.3, 0.4) is 0 Å². The third-order valence-corrected chi connectivity index (χ3v) is 6.96. The fraction of sp³-hybridized carbons (Fsp3) is 0.250. The smallest absolute Gasteiger partial charge is 0.118 e. The molecule has 18 heavy (non-hydrogen) atoms. The molecule has 0 aliphatic carbocycles. The fourth-order valence-electron chi connectivity index (χ4n) is 2.20. The molecule has 1 nitrogen and oxygen atoms in total. The molecule has 0 aliphatic heterocycles. The van der Waals surface area contributed by atoms with E-state index in [4.69, 9.17) is 0 Å². The molecule has 0 aliphatic rings. The minimum Gasteiger partial charge on any atom is -0.508 e. The van der Waals surface area contributed by atoms with Crippen LogP contribution in [0.5, 0.6) is 5.75 Å². The van der Waals surface area contributed by atoms with E-state index in [0.29, 0.717) is 5.75 Å². The maximum absolute atomic E-state index is 9.79. The van der Waals surface area contributed by atoms with Gasteiger partial charge in [0, 0.05) is 0 Å². The fourth-order valence-corrected chi connectivity index (χ4v) is 4.48. The van der Waals surface area contributed by atoms with E-state index in [1.54, 1.807) is 6.07 Å². The molecule has 0 amide bonds. The minimum atomic E-state index is -1.40. The van der Waals surface area contributed by atoms with Crippen molar-refractivity contribution in [1.29, 1.82) is 0 Å². The number of phenols is 1. The van der Waals surface area contributed by atoms with Gasteiger partial charge in [-0.25, -0.2) is 0 Å². The molecule has 0 saturated heterocycles. The summed E-state index contributed by atoms with van der Waals surface area (Å²) in [5, 5.41) is 11.3. The van der Waals surface area contributed by atoms with Crippen LogP contribution in [-0.2, 0) is 6.42 Å². The summed E-state index contributed by atoms with van der Waals surface area (Å²) in [6, 6.07) is 19.6. The van der Waals surface area contributed by atoms with Crippen molar-refractivity contribution in [1.82, 2.24) is 0 Å². The van der Waals surface area contributed by atoms with Crippen LogP contribution in [0.25, 0.3) is 0 Å². The van der Waals surface area contributed by atoms with Crippen LogP contribution in [0.15, 0.2) is 54.6 Å². The van der Waals surface area contributed by atoms with Gasteiger partial charge in [-0.1, -0.05) is 66.8 Å². The highest BCUT2D eigenvalue weighted by Crippen LogP contribution is 2.21. The van der Waals surface area contributed by atoms with E-state index in [9.17, 15) is 5.11 Å². The Kier molecular flexibility index (Phi) is 3.87. The first-order valence-electron chi connectivity index (χ1n) is 6.42. The molecule has 0 atom stereocenters. The number of rotatable bonds is 4. The topological polar surface area (TPSA) is 20.2 Å². The summed E-state index contributed by atoms with van der Waals surface area (Å²) in [5.74, 6) is 0.426. The summed E-state index contributed by atoms with van der Waals surface area (Å²) in [6.45, 7) is 4.78. The second kappa shape index (κ2) is 5.40. The van der Waals surface area contributed by atoms with Gasteiger partial charge in [0.15, 0.2) is 0 Å². The molecular weight excluding hydrogens is 236 g/mol. The van der Waals surface area contributed by atoms with Gasteiger partial charge >= 0.3 is 0 Å². The van der Waals surface area contributed by atoms with Crippen molar-refractivity contribution in [2.75, 3.05) is 0 Å². The molecule has 0 saturated carbocycles. The van der Waals surface area contributed by atoms with Crippen LogP contribution in [0.2, 0.25) is 19.1 Å². The number of hydrogen-bond acceptors (Lipinski definition) is 1. The molecule has 0 fully saturated rings. The standard InChI is InChI=1S/C16H20OSi/c1-18(2,15-9-4-3-5-10-15)13-12-14-8-6-7-11-16(14)17/h3-11,17H,12-13H2,1-2H3. The summed E-state index contributed by atoms with van der Waals surface area (Å²) in [5.41, 5.74) is 1.06.